The number of carboxylic acids is 1. The van der Waals surface area contributed by atoms with E-state index in [-0.39, 0.29) is 29.4 Å². The molecule has 0 aromatic heterocycles. The van der Waals surface area contributed by atoms with Crippen LogP contribution in [0.15, 0.2) is 12.1 Å². The van der Waals surface area contributed by atoms with Crippen molar-refractivity contribution in [1.82, 2.24) is 5.32 Å². The zero-order chi connectivity index (χ0) is 15.8. The molecule has 0 spiro atoms. The summed E-state index contributed by atoms with van der Waals surface area (Å²) in [7, 11) is 2.71. The van der Waals surface area contributed by atoms with Gasteiger partial charge in [0.05, 0.1) is 20.0 Å². The molecule has 0 bridgehead atoms. The van der Waals surface area contributed by atoms with Crippen molar-refractivity contribution in [2.45, 2.75) is 0 Å². The number of ether oxygens (including phenoxy) is 2. The lowest BCUT2D eigenvalue weighted by Crippen LogP contribution is -2.27. The molecule has 6 nitrogen and oxygen atoms in total. The van der Waals surface area contributed by atoms with E-state index in [9.17, 15) is 14.0 Å². The maximum absolute atomic E-state index is 13.8. The molecule has 0 radical (unpaired) electrons. The number of amides is 1. The Morgan fingerprint density at radius 2 is 2.05 bits per heavy atom. The van der Waals surface area contributed by atoms with Crippen LogP contribution < -0.4 is 14.8 Å². The summed E-state index contributed by atoms with van der Waals surface area (Å²) in [6, 6.07) is 2.49. The first-order valence-electron chi connectivity index (χ1n) is 5.99. The zero-order valence-electron chi connectivity index (χ0n) is 11.6. The molecule has 0 aliphatic carbocycles. The Balaban J connectivity index is 2.71. The number of hydrogen-bond acceptors (Lipinski definition) is 5. The van der Waals surface area contributed by atoms with E-state index in [1.165, 1.54) is 20.3 Å². The van der Waals surface area contributed by atoms with Gasteiger partial charge < -0.3 is 19.9 Å². The molecule has 0 saturated carbocycles. The second-order valence-corrected chi connectivity index (χ2v) is 4.97. The molecule has 0 aliphatic rings. The molecule has 1 rings (SSSR count). The number of carbonyl (C=O) groups excluding carboxylic acids is 1. The largest absolute Gasteiger partial charge is 0.493 e. The molecular formula is C13H16FNO5S. The number of carbonyl (C=O) groups is 2. The van der Waals surface area contributed by atoms with Crippen LogP contribution in [0.3, 0.4) is 0 Å². The van der Waals surface area contributed by atoms with E-state index in [0.717, 1.165) is 17.8 Å². The molecule has 116 valence electrons. The van der Waals surface area contributed by atoms with Crippen molar-refractivity contribution in [3.05, 3.63) is 23.5 Å². The number of thioether (sulfide) groups is 1. The highest BCUT2D eigenvalue weighted by molar-refractivity contribution is 7.99. The van der Waals surface area contributed by atoms with Gasteiger partial charge in [0.2, 0.25) is 0 Å². The lowest BCUT2D eigenvalue weighted by Gasteiger charge is -2.13. The van der Waals surface area contributed by atoms with E-state index in [0.29, 0.717) is 5.75 Å². The fraction of sp³-hybridized carbons (Fsp3) is 0.385. The summed E-state index contributed by atoms with van der Waals surface area (Å²) in [5.41, 5.74) is -0.236. The summed E-state index contributed by atoms with van der Waals surface area (Å²) in [5.74, 6) is -1.65. The predicted octanol–water partition coefficient (Wildman–Crippen LogP) is 1.39. The van der Waals surface area contributed by atoms with Gasteiger partial charge in [-0.3, -0.25) is 9.59 Å². The van der Waals surface area contributed by atoms with Crippen LogP contribution in [0.1, 0.15) is 10.4 Å². The monoisotopic (exact) mass is 317 g/mol. The number of aliphatic carboxylic acids is 1. The van der Waals surface area contributed by atoms with Crippen molar-refractivity contribution in [3.63, 3.8) is 0 Å². The molecular weight excluding hydrogens is 301 g/mol. The summed E-state index contributed by atoms with van der Waals surface area (Å²) in [6.07, 6.45) is 0. The Morgan fingerprint density at radius 3 is 2.62 bits per heavy atom. The van der Waals surface area contributed by atoms with Crippen LogP contribution in [0.5, 0.6) is 11.5 Å². The molecule has 21 heavy (non-hydrogen) atoms. The highest BCUT2D eigenvalue weighted by atomic mass is 32.2. The minimum Gasteiger partial charge on any atom is -0.493 e. The molecule has 0 aliphatic heterocycles. The van der Waals surface area contributed by atoms with Gasteiger partial charge in [-0.05, 0) is 12.1 Å². The number of halogens is 1. The first-order chi connectivity index (χ1) is 10.0. The van der Waals surface area contributed by atoms with E-state index < -0.39 is 17.7 Å². The smallest absolute Gasteiger partial charge is 0.313 e. The maximum atomic E-state index is 13.8. The van der Waals surface area contributed by atoms with E-state index in [1.54, 1.807) is 0 Å². The predicted molar refractivity (Wildman–Crippen MR) is 76.8 cm³/mol. The average molecular weight is 317 g/mol. The lowest BCUT2D eigenvalue weighted by molar-refractivity contribution is -0.133. The maximum Gasteiger partial charge on any atom is 0.313 e. The number of rotatable bonds is 8. The van der Waals surface area contributed by atoms with Crippen molar-refractivity contribution >= 4 is 23.6 Å². The Labute approximate surface area is 125 Å². The van der Waals surface area contributed by atoms with E-state index in [4.69, 9.17) is 14.6 Å². The van der Waals surface area contributed by atoms with Crippen LogP contribution in [0.25, 0.3) is 0 Å². The minimum atomic E-state index is -0.924. The summed E-state index contributed by atoms with van der Waals surface area (Å²) < 4.78 is 23.8. The van der Waals surface area contributed by atoms with Gasteiger partial charge in [0, 0.05) is 12.3 Å². The van der Waals surface area contributed by atoms with Crippen molar-refractivity contribution in [2.75, 3.05) is 32.3 Å². The highest BCUT2D eigenvalue weighted by Gasteiger charge is 2.21. The fourth-order valence-electron chi connectivity index (χ4n) is 1.60. The molecule has 0 saturated heterocycles. The lowest BCUT2D eigenvalue weighted by atomic mass is 10.1. The molecule has 0 atom stereocenters. The standard InChI is InChI=1S/C13H16FNO5S/c1-19-9-4-3-8(14)11(12(9)20-2)13(18)15-5-6-21-7-10(16)17/h3-4H,5-7H2,1-2H3,(H,15,18)(H,16,17). The molecule has 1 amide bonds. The van der Waals surface area contributed by atoms with E-state index in [1.807, 2.05) is 0 Å². The average Bonchev–Trinajstić information content (AvgIpc) is 2.45. The van der Waals surface area contributed by atoms with Crippen molar-refractivity contribution < 1.29 is 28.6 Å². The minimum absolute atomic E-state index is 0.0215. The van der Waals surface area contributed by atoms with Gasteiger partial charge in [-0.25, -0.2) is 4.39 Å². The second-order valence-electron chi connectivity index (χ2n) is 3.86. The van der Waals surface area contributed by atoms with E-state index in [2.05, 4.69) is 5.32 Å². The number of benzene rings is 1. The number of methoxy groups -OCH3 is 2. The van der Waals surface area contributed by atoms with Crippen LogP contribution in [-0.2, 0) is 4.79 Å². The van der Waals surface area contributed by atoms with Crippen molar-refractivity contribution in [1.29, 1.82) is 0 Å². The third-order valence-electron chi connectivity index (χ3n) is 2.48. The van der Waals surface area contributed by atoms with Crippen molar-refractivity contribution in [2.24, 2.45) is 0 Å². The van der Waals surface area contributed by atoms with Crippen LogP contribution in [0, 0.1) is 5.82 Å². The highest BCUT2D eigenvalue weighted by Crippen LogP contribution is 2.32. The zero-order valence-corrected chi connectivity index (χ0v) is 12.5. The Bertz CT molecular complexity index is 524. The third kappa shape index (κ3) is 4.82. The van der Waals surface area contributed by atoms with E-state index >= 15 is 0 Å². The topological polar surface area (TPSA) is 84.9 Å². The molecule has 0 unspecified atom stereocenters. The number of nitrogens with one attached hydrogen (secondary N) is 1. The summed E-state index contributed by atoms with van der Waals surface area (Å²) >= 11 is 1.16. The molecule has 8 heteroatoms. The third-order valence-corrected chi connectivity index (χ3v) is 3.42. The van der Waals surface area contributed by atoms with Crippen molar-refractivity contribution in [3.8, 4) is 11.5 Å². The van der Waals surface area contributed by atoms with Gasteiger partial charge in [0.1, 0.15) is 11.4 Å². The second kappa shape index (κ2) is 8.35. The van der Waals surface area contributed by atoms with Crippen LogP contribution in [0.2, 0.25) is 0 Å². The van der Waals surface area contributed by atoms with Crippen LogP contribution in [-0.4, -0.2) is 49.3 Å². The Morgan fingerprint density at radius 1 is 1.33 bits per heavy atom. The van der Waals surface area contributed by atoms with Gasteiger partial charge in [0.15, 0.2) is 11.5 Å². The summed E-state index contributed by atoms with van der Waals surface area (Å²) in [5, 5.41) is 11.0. The fourth-order valence-corrected chi connectivity index (χ4v) is 2.16. The van der Waals surface area contributed by atoms with Gasteiger partial charge >= 0.3 is 5.97 Å². The van der Waals surface area contributed by atoms with Gasteiger partial charge in [-0.1, -0.05) is 0 Å². The molecule has 2 N–H and O–H groups in total. The summed E-state index contributed by atoms with van der Waals surface area (Å²) in [4.78, 5) is 22.3. The van der Waals surface area contributed by atoms with Gasteiger partial charge in [-0.2, -0.15) is 0 Å². The molecule has 1 aromatic rings. The molecule has 0 fully saturated rings. The molecule has 1 aromatic carbocycles. The SMILES string of the molecule is COc1ccc(F)c(C(=O)NCCSCC(=O)O)c1OC. The quantitative estimate of drug-likeness (QED) is 0.705. The normalized spacial score (nSPS) is 10.0. The van der Waals surface area contributed by atoms with Crippen LogP contribution >= 0.6 is 11.8 Å². The Kier molecular flexibility index (Phi) is 6.80. The number of hydrogen-bond donors (Lipinski definition) is 2. The van der Waals surface area contributed by atoms with Crippen LogP contribution in [0.4, 0.5) is 4.39 Å². The first-order valence-corrected chi connectivity index (χ1v) is 7.15. The number of carboxylic acid groups (broad SMARTS) is 1. The van der Waals surface area contributed by atoms with Gasteiger partial charge in [0.25, 0.3) is 5.91 Å². The Hall–Kier alpha value is -1.96. The molecule has 0 heterocycles. The van der Waals surface area contributed by atoms with Gasteiger partial charge in [-0.15, -0.1) is 11.8 Å². The summed E-state index contributed by atoms with van der Waals surface area (Å²) in [6.45, 7) is 0.219. The first kappa shape index (κ1) is 17.1.